The van der Waals surface area contributed by atoms with Gasteiger partial charge in [0.1, 0.15) is 0 Å². The van der Waals surface area contributed by atoms with Crippen LogP contribution in [0.1, 0.15) is 50.5 Å². The zero-order valence-corrected chi connectivity index (χ0v) is 18.7. The van der Waals surface area contributed by atoms with E-state index in [2.05, 4.69) is 23.4 Å². The summed E-state index contributed by atoms with van der Waals surface area (Å²) in [7, 11) is 0. The van der Waals surface area contributed by atoms with E-state index in [1.54, 1.807) is 18.2 Å². The van der Waals surface area contributed by atoms with Crippen LogP contribution in [0.2, 0.25) is 0 Å². The lowest BCUT2D eigenvalue weighted by molar-refractivity contribution is -0.137. The Balaban J connectivity index is 1.33. The molecule has 4 nitrogen and oxygen atoms in total. The van der Waals surface area contributed by atoms with Gasteiger partial charge in [0.25, 0.3) is 0 Å². The molecule has 1 aromatic rings. The number of hydrogen-bond donors (Lipinski definition) is 1. The highest BCUT2D eigenvalue weighted by Crippen LogP contribution is 2.32. The first-order valence-electron chi connectivity index (χ1n) is 11.5. The van der Waals surface area contributed by atoms with Gasteiger partial charge in [-0.25, -0.2) is 0 Å². The maximum absolute atomic E-state index is 12.7. The van der Waals surface area contributed by atoms with Crippen molar-refractivity contribution in [2.45, 2.75) is 57.2 Å². The van der Waals surface area contributed by atoms with E-state index in [0.717, 1.165) is 88.2 Å². The molecular weight excluding hydrogens is 415 g/mol. The Labute approximate surface area is 189 Å². The number of alkyl halides is 3. The minimum absolute atomic E-state index is 0.244. The molecule has 32 heavy (non-hydrogen) atoms. The second-order valence-electron chi connectivity index (χ2n) is 8.90. The lowest BCUT2D eigenvalue weighted by Gasteiger charge is -2.34. The molecule has 2 fully saturated rings. The second kappa shape index (κ2) is 10.9. The van der Waals surface area contributed by atoms with Crippen molar-refractivity contribution in [3.8, 4) is 0 Å². The molecule has 7 heteroatoms. The number of nitrogens with zero attached hydrogens (tertiary/aromatic N) is 2. The topological polar surface area (TPSA) is 35.6 Å². The molecule has 2 aliphatic rings. The van der Waals surface area contributed by atoms with Crippen LogP contribution in [0, 0.1) is 5.92 Å². The number of amides is 1. The maximum atomic E-state index is 12.7. The van der Waals surface area contributed by atoms with Gasteiger partial charge in [-0.1, -0.05) is 13.2 Å². The van der Waals surface area contributed by atoms with E-state index >= 15 is 0 Å². The van der Waals surface area contributed by atoms with E-state index in [1.807, 2.05) is 4.90 Å². The highest BCUT2D eigenvalue weighted by Gasteiger charge is 2.30. The Morgan fingerprint density at radius 1 is 1.06 bits per heavy atom. The lowest BCUT2D eigenvalue weighted by Crippen LogP contribution is -2.44. The van der Waals surface area contributed by atoms with Gasteiger partial charge in [0, 0.05) is 50.0 Å². The Morgan fingerprint density at radius 3 is 2.25 bits per heavy atom. The van der Waals surface area contributed by atoms with Crippen LogP contribution in [0.25, 0.3) is 0 Å². The smallest absolute Gasteiger partial charge is 0.383 e. The number of anilines is 1. The number of hydrogen-bond acceptors (Lipinski definition) is 3. The van der Waals surface area contributed by atoms with Crippen molar-refractivity contribution in [2.24, 2.45) is 5.92 Å². The maximum Gasteiger partial charge on any atom is 0.416 e. The van der Waals surface area contributed by atoms with E-state index in [9.17, 15) is 18.0 Å². The Bertz CT molecular complexity index is 775. The molecule has 0 aromatic heterocycles. The summed E-state index contributed by atoms with van der Waals surface area (Å²) in [5.41, 5.74) is 1.07. The number of nitrogens with one attached hydrogen (secondary N) is 1. The molecule has 2 saturated heterocycles. The molecule has 0 spiro atoms. The van der Waals surface area contributed by atoms with Crippen molar-refractivity contribution in [1.29, 1.82) is 0 Å². The van der Waals surface area contributed by atoms with Crippen LogP contribution < -0.4 is 10.2 Å². The zero-order valence-electron chi connectivity index (χ0n) is 18.7. The zero-order chi connectivity index (χ0) is 23.1. The summed E-state index contributed by atoms with van der Waals surface area (Å²) < 4.78 is 38.2. The molecule has 0 atom stereocenters. The molecule has 1 N–H and O–H groups in total. The SMILES string of the molecule is C=CC(=C)NC1CCN(C(=O)CCCC2CCN(c3ccc(C(F)(F)F)cc3)CC2)CC1. The number of rotatable bonds is 8. The first kappa shape index (κ1) is 24.2. The summed E-state index contributed by atoms with van der Waals surface area (Å²) in [6, 6.07) is 5.80. The number of benzene rings is 1. The van der Waals surface area contributed by atoms with Crippen LogP contribution in [-0.4, -0.2) is 43.0 Å². The fraction of sp³-hybridized carbons (Fsp3) is 0.560. The van der Waals surface area contributed by atoms with Crippen molar-refractivity contribution in [2.75, 3.05) is 31.1 Å². The first-order chi connectivity index (χ1) is 15.3. The second-order valence-corrected chi connectivity index (χ2v) is 8.90. The number of piperidine rings is 2. The third-order valence-electron chi connectivity index (χ3n) is 6.66. The molecule has 2 heterocycles. The quantitative estimate of drug-likeness (QED) is 0.542. The third kappa shape index (κ3) is 6.78. The van der Waals surface area contributed by atoms with Gasteiger partial charge < -0.3 is 15.1 Å². The van der Waals surface area contributed by atoms with Crippen molar-refractivity contribution >= 4 is 11.6 Å². The highest BCUT2D eigenvalue weighted by molar-refractivity contribution is 5.76. The normalized spacial score (nSPS) is 18.5. The van der Waals surface area contributed by atoms with Crippen LogP contribution in [0.5, 0.6) is 0 Å². The van der Waals surface area contributed by atoms with Crippen LogP contribution in [0.15, 0.2) is 49.2 Å². The molecular formula is C25H34F3N3O. The molecule has 0 aliphatic carbocycles. The number of halogens is 3. The fourth-order valence-corrected chi connectivity index (χ4v) is 4.64. The number of allylic oxidation sites excluding steroid dienone is 1. The van der Waals surface area contributed by atoms with Crippen molar-refractivity contribution < 1.29 is 18.0 Å². The Kier molecular flexibility index (Phi) is 8.26. The predicted octanol–water partition coefficient (Wildman–Crippen LogP) is 5.37. The Hall–Kier alpha value is -2.44. The third-order valence-corrected chi connectivity index (χ3v) is 6.66. The first-order valence-corrected chi connectivity index (χ1v) is 11.5. The van der Waals surface area contributed by atoms with Gasteiger partial charge in [0.2, 0.25) is 5.91 Å². The standard InChI is InChI=1S/C25H34F3N3O/c1-3-19(2)29-22-13-17-31(18-14-22)24(32)6-4-5-20-11-15-30(16-12-20)23-9-7-21(8-10-23)25(26,27)28/h3,7-10,20,22,29H,1-2,4-6,11-18H2. The monoisotopic (exact) mass is 449 g/mol. The van der Waals surface area contributed by atoms with E-state index in [4.69, 9.17) is 0 Å². The molecule has 0 bridgehead atoms. The van der Waals surface area contributed by atoms with Crippen molar-refractivity contribution in [3.05, 3.63) is 54.8 Å². The van der Waals surface area contributed by atoms with Crippen molar-refractivity contribution in [3.63, 3.8) is 0 Å². The van der Waals surface area contributed by atoms with Gasteiger partial charge >= 0.3 is 6.18 Å². The van der Waals surface area contributed by atoms with E-state index in [1.165, 1.54) is 0 Å². The minimum Gasteiger partial charge on any atom is -0.383 e. The fourth-order valence-electron chi connectivity index (χ4n) is 4.64. The molecule has 0 saturated carbocycles. The van der Waals surface area contributed by atoms with Gasteiger partial charge in [-0.2, -0.15) is 13.2 Å². The molecule has 176 valence electrons. The summed E-state index contributed by atoms with van der Waals surface area (Å²) >= 11 is 0. The van der Waals surface area contributed by atoms with Gasteiger partial charge in [0.05, 0.1) is 5.56 Å². The van der Waals surface area contributed by atoms with Gasteiger partial charge in [-0.05, 0) is 74.8 Å². The van der Waals surface area contributed by atoms with Gasteiger partial charge in [0.15, 0.2) is 0 Å². The van der Waals surface area contributed by atoms with E-state index in [0.29, 0.717) is 18.4 Å². The Morgan fingerprint density at radius 2 is 1.69 bits per heavy atom. The van der Waals surface area contributed by atoms with Gasteiger partial charge in [-0.3, -0.25) is 4.79 Å². The van der Waals surface area contributed by atoms with Gasteiger partial charge in [-0.15, -0.1) is 0 Å². The van der Waals surface area contributed by atoms with E-state index in [-0.39, 0.29) is 5.91 Å². The molecule has 1 aromatic carbocycles. The minimum atomic E-state index is -4.30. The summed E-state index contributed by atoms with van der Waals surface area (Å²) in [6.07, 6.45) is 3.83. The van der Waals surface area contributed by atoms with Crippen LogP contribution >= 0.6 is 0 Å². The van der Waals surface area contributed by atoms with E-state index < -0.39 is 11.7 Å². The van der Waals surface area contributed by atoms with Crippen LogP contribution in [0.4, 0.5) is 18.9 Å². The summed E-state index contributed by atoms with van der Waals surface area (Å²) in [5.74, 6) is 0.821. The number of carbonyl (C=O) groups excluding carboxylic acids is 1. The summed E-state index contributed by atoms with van der Waals surface area (Å²) in [5, 5.41) is 3.33. The molecule has 0 unspecified atom stereocenters. The van der Waals surface area contributed by atoms with Crippen LogP contribution in [0.3, 0.4) is 0 Å². The number of likely N-dealkylation sites (tertiary alicyclic amines) is 1. The highest BCUT2D eigenvalue weighted by atomic mass is 19.4. The molecule has 1 amide bonds. The molecule has 0 radical (unpaired) electrons. The molecule has 3 rings (SSSR count). The largest absolute Gasteiger partial charge is 0.416 e. The number of carbonyl (C=O) groups is 1. The predicted molar refractivity (Wildman–Crippen MR) is 122 cm³/mol. The summed E-state index contributed by atoms with van der Waals surface area (Å²) in [4.78, 5) is 16.7. The summed E-state index contributed by atoms with van der Waals surface area (Å²) in [6.45, 7) is 10.9. The van der Waals surface area contributed by atoms with Crippen molar-refractivity contribution in [1.82, 2.24) is 10.2 Å². The van der Waals surface area contributed by atoms with Crippen LogP contribution in [-0.2, 0) is 11.0 Å². The average molecular weight is 450 g/mol. The average Bonchev–Trinajstić information content (AvgIpc) is 2.79. The lowest BCUT2D eigenvalue weighted by atomic mass is 9.91. The molecule has 2 aliphatic heterocycles.